The van der Waals surface area contributed by atoms with Crippen molar-refractivity contribution in [2.75, 3.05) is 24.6 Å². The van der Waals surface area contributed by atoms with Crippen LogP contribution in [0.4, 0.5) is 18.9 Å². The zero-order valence-corrected chi connectivity index (χ0v) is 16.3. The van der Waals surface area contributed by atoms with Crippen LogP contribution in [0.25, 0.3) is 11.0 Å². The van der Waals surface area contributed by atoms with E-state index in [4.69, 9.17) is 13.9 Å². The van der Waals surface area contributed by atoms with E-state index in [2.05, 4.69) is 4.98 Å². The molecule has 6 nitrogen and oxygen atoms in total. The van der Waals surface area contributed by atoms with Crippen LogP contribution in [0.15, 0.2) is 40.9 Å². The monoisotopic (exact) mass is 420 g/mol. The van der Waals surface area contributed by atoms with E-state index in [1.165, 1.54) is 12.1 Å². The first-order valence-corrected chi connectivity index (χ1v) is 9.42. The first kappa shape index (κ1) is 20.1. The standard InChI is InChI=1S/C21H19F3N2O4/c1-3-28-20(27)18-12(2)29-17-7-6-13(9-15(17)18)30-14-10-26(11-14)16-5-4-8-25-19(16)21(22,23)24/h4-9,14H,3,10-11H2,1-2H3. The second-order valence-corrected chi connectivity index (χ2v) is 6.93. The van der Waals surface area contributed by atoms with Crippen molar-refractivity contribution in [3.8, 4) is 5.75 Å². The van der Waals surface area contributed by atoms with E-state index in [-0.39, 0.29) is 18.4 Å². The molecule has 0 spiro atoms. The molecule has 0 unspecified atom stereocenters. The molecule has 3 aromatic rings. The van der Waals surface area contributed by atoms with Crippen LogP contribution in [0.3, 0.4) is 0 Å². The fourth-order valence-corrected chi connectivity index (χ4v) is 3.50. The number of aryl methyl sites for hydroxylation is 1. The van der Waals surface area contributed by atoms with Crippen LogP contribution in [0, 0.1) is 6.92 Å². The van der Waals surface area contributed by atoms with Gasteiger partial charge in [0.1, 0.15) is 28.8 Å². The highest BCUT2D eigenvalue weighted by molar-refractivity contribution is 6.04. The zero-order chi connectivity index (χ0) is 21.5. The summed E-state index contributed by atoms with van der Waals surface area (Å²) in [5, 5.41) is 0.575. The molecule has 0 bridgehead atoms. The second kappa shape index (κ2) is 7.55. The van der Waals surface area contributed by atoms with Crippen LogP contribution in [0.5, 0.6) is 5.75 Å². The Kier molecular flexibility index (Phi) is 5.05. The van der Waals surface area contributed by atoms with Crippen LogP contribution < -0.4 is 9.64 Å². The summed E-state index contributed by atoms with van der Waals surface area (Å²) in [6.45, 7) is 4.23. The summed E-state index contributed by atoms with van der Waals surface area (Å²) in [5.74, 6) is 0.476. The van der Waals surface area contributed by atoms with Gasteiger partial charge in [0.05, 0.1) is 25.4 Å². The average Bonchev–Trinajstić information content (AvgIpc) is 2.99. The second-order valence-electron chi connectivity index (χ2n) is 6.93. The van der Waals surface area contributed by atoms with E-state index in [9.17, 15) is 18.0 Å². The molecule has 0 N–H and O–H groups in total. The minimum absolute atomic E-state index is 0.0374. The highest BCUT2D eigenvalue weighted by atomic mass is 19.4. The van der Waals surface area contributed by atoms with Gasteiger partial charge in [0.25, 0.3) is 0 Å². The molecule has 4 rings (SSSR count). The lowest BCUT2D eigenvalue weighted by molar-refractivity contribution is -0.140. The topological polar surface area (TPSA) is 64.8 Å². The van der Waals surface area contributed by atoms with E-state index in [0.29, 0.717) is 41.1 Å². The molecular weight excluding hydrogens is 401 g/mol. The first-order valence-electron chi connectivity index (χ1n) is 9.42. The number of hydrogen-bond donors (Lipinski definition) is 0. The number of alkyl halides is 3. The third-order valence-corrected chi connectivity index (χ3v) is 4.86. The number of esters is 1. The number of nitrogens with zero attached hydrogens (tertiary/aromatic N) is 2. The molecule has 1 aromatic carbocycles. The Bertz CT molecular complexity index is 1090. The van der Waals surface area contributed by atoms with Crippen LogP contribution in [-0.2, 0) is 10.9 Å². The minimum Gasteiger partial charge on any atom is -0.487 e. The maximum atomic E-state index is 13.2. The summed E-state index contributed by atoms with van der Waals surface area (Å²) >= 11 is 0. The number of benzene rings is 1. The molecule has 1 aliphatic heterocycles. The van der Waals surface area contributed by atoms with Crippen molar-refractivity contribution in [2.45, 2.75) is 26.1 Å². The van der Waals surface area contributed by atoms with Gasteiger partial charge < -0.3 is 18.8 Å². The van der Waals surface area contributed by atoms with Crippen molar-refractivity contribution in [1.82, 2.24) is 4.98 Å². The molecule has 1 fully saturated rings. The van der Waals surface area contributed by atoms with Gasteiger partial charge in [-0.15, -0.1) is 0 Å². The smallest absolute Gasteiger partial charge is 0.435 e. The van der Waals surface area contributed by atoms with Gasteiger partial charge in [-0.3, -0.25) is 0 Å². The summed E-state index contributed by atoms with van der Waals surface area (Å²) in [7, 11) is 0. The minimum atomic E-state index is -4.52. The molecule has 0 radical (unpaired) electrons. The normalized spacial score (nSPS) is 14.6. The summed E-state index contributed by atoms with van der Waals surface area (Å²) in [5.41, 5.74) is 0.00853. The Balaban J connectivity index is 1.49. The van der Waals surface area contributed by atoms with Crippen LogP contribution in [-0.4, -0.2) is 36.8 Å². The van der Waals surface area contributed by atoms with Gasteiger partial charge in [0.2, 0.25) is 0 Å². The van der Waals surface area contributed by atoms with Gasteiger partial charge in [-0.25, -0.2) is 9.78 Å². The molecule has 0 atom stereocenters. The Labute approximate surface area is 170 Å². The van der Waals surface area contributed by atoms with Crippen molar-refractivity contribution in [3.05, 3.63) is 53.5 Å². The summed E-state index contributed by atoms with van der Waals surface area (Å²) in [4.78, 5) is 17.3. The fourth-order valence-electron chi connectivity index (χ4n) is 3.50. The molecule has 3 heterocycles. The lowest BCUT2D eigenvalue weighted by Crippen LogP contribution is -2.54. The van der Waals surface area contributed by atoms with Crippen molar-refractivity contribution < 1.29 is 31.9 Å². The van der Waals surface area contributed by atoms with Crippen LogP contribution in [0.2, 0.25) is 0 Å². The molecule has 30 heavy (non-hydrogen) atoms. The van der Waals surface area contributed by atoms with Crippen LogP contribution in [0.1, 0.15) is 28.7 Å². The number of pyridine rings is 1. The van der Waals surface area contributed by atoms with Gasteiger partial charge >= 0.3 is 12.1 Å². The summed E-state index contributed by atoms with van der Waals surface area (Å²) in [6, 6.07) is 7.96. The number of fused-ring (bicyclic) bond motifs is 1. The summed E-state index contributed by atoms with van der Waals surface area (Å²) < 4.78 is 56.1. The number of carbonyl (C=O) groups excluding carboxylic acids is 1. The molecule has 1 saturated heterocycles. The van der Waals surface area contributed by atoms with Gasteiger partial charge in [-0.1, -0.05) is 0 Å². The Morgan fingerprint density at radius 2 is 2.07 bits per heavy atom. The van der Waals surface area contributed by atoms with E-state index >= 15 is 0 Å². The molecular formula is C21H19F3N2O4. The number of hydrogen-bond acceptors (Lipinski definition) is 6. The fraction of sp³-hybridized carbons (Fsp3) is 0.333. The predicted molar refractivity (Wildman–Crippen MR) is 103 cm³/mol. The van der Waals surface area contributed by atoms with Gasteiger partial charge in [0, 0.05) is 11.6 Å². The maximum absolute atomic E-state index is 13.2. The third kappa shape index (κ3) is 3.67. The number of carbonyl (C=O) groups is 1. The summed E-state index contributed by atoms with van der Waals surface area (Å²) in [6.07, 6.45) is -3.68. The molecule has 0 aliphatic carbocycles. The van der Waals surface area contributed by atoms with Gasteiger partial charge in [-0.2, -0.15) is 13.2 Å². The van der Waals surface area contributed by atoms with Gasteiger partial charge in [-0.05, 0) is 44.2 Å². The number of anilines is 1. The molecule has 0 saturated carbocycles. The average molecular weight is 420 g/mol. The van der Waals surface area contributed by atoms with E-state index < -0.39 is 17.8 Å². The SMILES string of the molecule is CCOC(=O)c1c(C)oc2ccc(OC3CN(c4cccnc4C(F)(F)F)C3)cc12. The lowest BCUT2D eigenvalue weighted by atomic mass is 10.1. The maximum Gasteiger partial charge on any atom is 0.435 e. The zero-order valence-electron chi connectivity index (χ0n) is 16.3. The highest BCUT2D eigenvalue weighted by Crippen LogP contribution is 2.37. The van der Waals surface area contributed by atoms with Crippen LogP contribution >= 0.6 is 0 Å². The van der Waals surface area contributed by atoms with Crippen molar-refractivity contribution in [2.24, 2.45) is 0 Å². The molecule has 158 valence electrons. The Hall–Kier alpha value is -3.23. The molecule has 0 amide bonds. The Morgan fingerprint density at radius 1 is 1.30 bits per heavy atom. The van der Waals surface area contributed by atoms with E-state index in [1.807, 2.05) is 0 Å². The number of aromatic nitrogens is 1. The Morgan fingerprint density at radius 3 is 2.77 bits per heavy atom. The van der Waals surface area contributed by atoms with Crippen molar-refractivity contribution in [3.63, 3.8) is 0 Å². The van der Waals surface area contributed by atoms with Crippen molar-refractivity contribution >= 4 is 22.6 Å². The number of furan rings is 1. The van der Waals surface area contributed by atoms with E-state index in [0.717, 1.165) is 6.20 Å². The number of rotatable bonds is 5. The lowest BCUT2D eigenvalue weighted by Gasteiger charge is -2.41. The highest BCUT2D eigenvalue weighted by Gasteiger charge is 2.40. The van der Waals surface area contributed by atoms with Gasteiger partial charge in [0.15, 0.2) is 5.69 Å². The number of ether oxygens (including phenoxy) is 2. The van der Waals surface area contributed by atoms with Crippen molar-refractivity contribution in [1.29, 1.82) is 0 Å². The molecule has 9 heteroatoms. The number of halogens is 3. The third-order valence-electron chi connectivity index (χ3n) is 4.86. The first-order chi connectivity index (χ1) is 14.3. The molecule has 2 aromatic heterocycles. The largest absolute Gasteiger partial charge is 0.487 e. The predicted octanol–water partition coefficient (Wildman–Crippen LogP) is 4.60. The van der Waals surface area contributed by atoms with E-state index in [1.54, 1.807) is 36.9 Å². The molecule has 1 aliphatic rings. The quantitative estimate of drug-likeness (QED) is 0.562.